The number of hydrogen-bond acceptors (Lipinski definition) is 1. The van der Waals surface area contributed by atoms with Gasteiger partial charge in [-0.2, -0.15) is 0 Å². The summed E-state index contributed by atoms with van der Waals surface area (Å²) in [7, 11) is 0. The average Bonchev–Trinajstić information content (AvgIpc) is 2.58. The van der Waals surface area contributed by atoms with E-state index in [-0.39, 0.29) is 0 Å². The van der Waals surface area contributed by atoms with E-state index in [9.17, 15) is 0 Å². The molecule has 0 saturated heterocycles. The summed E-state index contributed by atoms with van der Waals surface area (Å²) in [4.78, 5) is 0. The molecule has 0 fully saturated rings. The zero-order valence-electron chi connectivity index (χ0n) is 12.9. The normalized spacial score (nSPS) is 9.32. The molecule has 3 aromatic rings. The maximum Gasteiger partial charge on any atom is 0.0384 e. The van der Waals surface area contributed by atoms with Gasteiger partial charge in [0.1, 0.15) is 0 Å². The first-order valence-corrected chi connectivity index (χ1v) is 7.34. The highest BCUT2D eigenvalue weighted by atomic mass is 14.9. The Labute approximate surface area is 133 Å². The fourth-order valence-corrected chi connectivity index (χ4v) is 1.93. The van der Waals surface area contributed by atoms with Crippen LogP contribution in [0.1, 0.15) is 12.5 Å². The molecule has 0 atom stereocenters. The summed E-state index contributed by atoms with van der Waals surface area (Å²) in [5.74, 6) is 0. The van der Waals surface area contributed by atoms with Gasteiger partial charge in [-0.25, -0.2) is 0 Å². The van der Waals surface area contributed by atoms with Crippen LogP contribution in [0.2, 0.25) is 0 Å². The first-order chi connectivity index (χ1) is 10.8. The fraction of sp³-hybridized carbons (Fsp3) is 0.0476. The molecule has 0 aliphatic carbocycles. The standard InChI is InChI=1S/C12H11N.C9H10/c1-3-7-11(8-4-1)13-12-9-5-2-6-10-12;1-8(2)9-6-4-3-5-7-9/h1-10,13H;3-7H,1H2,2H3. The third kappa shape index (κ3) is 5.29. The van der Waals surface area contributed by atoms with Gasteiger partial charge in [0.05, 0.1) is 0 Å². The van der Waals surface area contributed by atoms with Gasteiger partial charge in [-0.3, -0.25) is 0 Å². The number of allylic oxidation sites excluding steroid dienone is 1. The van der Waals surface area contributed by atoms with Crippen molar-refractivity contribution in [3.63, 3.8) is 0 Å². The summed E-state index contributed by atoms with van der Waals surface area (Å²) >= 11 is 0. The lowest BCUT2D eigenvalue weighted by Gasteiger charge is -2.04. The van der Waals surface area contributed by atoms with Crippen LogP contribution in [0.5, 0.6) is 0 Å². The molecule has 0 aliphatic heterocycles. The maximum absolute atomic E-state index is 3.83. The van der Waals surface area contributed by atoms with Crippen molar-refractivity contribution in [1.29, 1.82) is 0 Å². The van der Waals surface area contributed by atoms with Crippen molar-refractivity contribution in [2.75, 3.05) is 5.32 Å². The molecular weight excluding hydrogens is 266 g/mol. The van der Waals surface area contributed by atoms with E-state index in [1.807, 2.05) is 85.8 Å². The predicted octanol–water partition coefficient (Wildman–Crippen LogP) is 6.15. The average molecular weight is 287 g/mol. The van der Waals surface area contributed by atoms with E-state index >= 15 is 0 Å². The van der Waals surface area contributed by atoms with E-state index in [0.717, 1.165) is 16.9 Å². The summed E-state index contributed by atoms with van der Waals surface area (Å²) in [6.07, 6.45) is 0. The number of nitrogens with one attached hydrogen (secondary N) is 1. The summed E-state index contributed by atoms with van der Waals surface area (Å²) in [5, 5.41) is 3.30. The molecule has 0 saturated carbocycles. The SMILES string of the molecule is C=C(C)c1ccccc1.c1ccc(Nc2ccccc2)cc1. The van der Waals surface area contributed by atoms with Crippen molar-refractivity contribution in [2.24, 2.45) is 0 Å². The molecule has 0 aliphatic rings. The van der Waals surface area contributed by atoms with Crippen LogP contribution in [-0.2, 0) is 0 Å². The first kappa shape index (κ1) is 15.6. The molecule has 0 amide bonds. The summed E-state index contributed by atoms with van der Waals surface area (Å²) in [5.41, 5.74) is 4.58. The second-order valence-corrected chi connectivity index (χ2v) is 5.00. The van der Waals surface area contributed by atoms with Gasteiger partial charge in [-0.05, 0) is 36.8 Å². The van der Waals surface area contributed by atoms with Crippen LogP contribution in [0.3, 0.4) is 0 Å². The van der Waals surface area contributed by atoms with Crippen molar-refractivity contribution in [3.8, 4) is 0 Å². The van der Waals surface area contributed by atoms with Crippen LogP contribution in [-0.4, -0.2) is 0 Å². The van der Waals surface area contributed by atoms with Crippen LogP contribution >= 0.6 is 0 Å². The van der Waals surface area contributed by atoms with Gasteiger partial charge in [-0.1, -0.05) is 78.9 Å². The van der Waals surface area contributed by atoms with Gasteiger partial charge in [0.2, 0.25) is 0 Å². The molecule has 0 bridgehead atoms. The monoisotopic (exact) mass is 287 g/mol. The number of anilines is 2. The van der Waals surface area contributed by atoms with Crippen molar-refractivity contribution >= 4 is 16.9 Å². The van der Waals surface area contributed by atoms with Crippen molar-refractivity contribution in [3.05, 3.63) is 103 Å². The Morgan fingerprint density at radius 1 is 0.636 bits per heavy atom. The molecule has 22 heavy (non-hydrogen) atoms. The Hall–Kier alpha value is -2.80. The maximum atomic E-state index is 3.83. The highest BCUT2D eigenvalue weighted by Gasteiger charge is 1.90. The minimum atomic E-state index is 1.12. The Kier molecular flexibility index (Phi) is 6.01. The molecular formula is C21H21N. The third-order valence-electron chi connectivity index (χ3n) is 3.10. The zero-order valence-corrected chi connectivity index (χ0v) is 12.9. The zero-order chi connectivity index (χ0) is 15.6. The van der Waals surface area contributed by atoms with Gasteiger partial charge >= 0.3 is 0 Å². The Bertz CT molecular complexity index is 635. The highest BCUT2D eigenvalue weighted by molar-refractivity contribution is 5.60. The van der Waals surface area contributed by atoms with Gasteiger partial charge in [0.15, 0.2) is 0 Å². The number of benzene rings is 3. The van der Waals surface area contributed by atoms with Crippen LogP contribution in [0.15, 0.2) is 97.6 Å². The van der Waals surface area contributed by atoms with Gasteiger partial charge in [0.25, 0.3) is 0 Å². The van der Waals surface area contributed by atoms with Crippen LogP contribution in [0, 0.1) is 0 Å². The van der Waals surface area contributed by atoms with Crippen molar-refractivity contribution in [2.45, 2.75) is 6.92 Å². The highest BCUT2D eigenvalue weighted by Crippen LogP contribution is 2.14. The molecule has 3 rings (SSSR count). The number of para-hydroxylation sites is 2. The molecule has 3 aromatic carbocycles. The molecule has 0 radical (unpaired) electrons. The quantitative estimate of drug-likeness (QED) is 0.609. The van der Waals surface area contributed by atoms with E-state index in [1.165, 1.54) is 5.56 Å². The topological polar surface area (TPSA) is 12.0 Å². The lowest BCUT2D eigenvalue weighted by molar-refractivity contribution is 1.55. The van der Waals surface area contributed by atoms with Gasteiger partial charge < -0.3 is 5.32 Å². The molecule has 0 spiro atoms. The third-order valence-corrected chi connectivity index (χ3v) is 3.10. The van der Waals surface area contributed by atoms with Crippen LogP contribution in [0.25, 0.3) is 5.57 Å². The minimum Gasteiger partial charge on any atom is -0.356 e. The van der Waals surface area contributed by atoms with Crippen LogP contribution < -0.4 is 5.32 Å². The van der Waals surface area contributed by atoms with Crippen molar-refractivity contribution < 1.29 is 0 Å². The molecule has 1 nitrogen and oxygen atoms in total. The second-order valence-electron chi connectivity index (χ2n) is 5.00. The molecule has 1 N–H and O–H groups in total. The molecule has 110 valence electrons. The van der Waals surface area contributed by atoms with Crippen LogP contribution in [0.4, 0.5) is 11.4 Å². The van der Waals surface area contributed by atoms with E-state index in [2.05, 4.69) is 24.0 Å². The van der Waals surface area contributed by atoms with E-state index in [1.54, 1.807) is 0 Å². The van der Waals surface area contributed by atoms with E-state index < -0.39 is 0 Å². The summed E-state index contributed by atoms with van der Waals surface area (Å²) < 4.78 is 0. The van der Waals surface area contributed by atoms with Gasteiger partial charge in [-0.15, -0.1) is 0 Å². The Balaban J connectivity index is 0.000000172. The molecule has 0 aromatic heterocycles. The predicted molar refractivity (Wildman–Crippen MR) is 97.3 cm³/mol. The Morgan fingerprint density at radius 3 is 1.32 bits per heavy atom. The minimum absolute atomic E-state index is 1.12. The second kappa shape index (κ2) is 8.48. The summed E-state index contributed by atoms with van der Waals surface area (Å²) in [6, 6.07) is 30.4. The number of rotatable bonds is 3. The number of hydrogen-bond donors (Lipinski definition) is 1. The smallest absolute Gasteiger partial charge is 0.0384 e. The lowest BCUT2D eigenvalue weighted by atomic mass is 10.1. The van der Waals surface area contributed by atoms with Gasteiger partial charge in [0, 0.05) is 11.4 Å². The summed E-state index contributed by atoms with van der Waals surface area (Å²) in [6.45, 7) is 5.83. The molecule has 0 unspecified atom stereocenters. The van der Waals surface area contributed by atoms with E-state index in [4.69, 9.17) is 0 Å². The lowest BCUT2D eigenvalue weighted by Crippen LogP contribution is -1.87. The van der Waals surface area contributed by atoms with Crippen molar-refractivity contribution in [1.82, 2.24) is 0 Å². The molecule has 1 heteroatoms. The fourth-order valence-electron chi connectivity index (χ4n) is 1.93. The first-order valence-electron chi connectivity index (χ1n) is 7.34. The molecule has 0 heterocycles. The Morgan fingerprint density at radius 2 is 1.00 bits per heavy atom. The van der Waals surface area contributed by atoms with E-state index in [0.29, 0.717) is 0 Å². The largest absolute Gasteiger partial charge is 0.356 e.